The summed E-state index contributed by atoms with van der Waals surface area (Å²) in [5.41, 5.74) is 5.61. The molecule has 0 bridgehead atoms. The molecule has 0 amide bonds. The Morgan fingerprint density at radius 3 is 2.62 bits per heavy atom. The number of hydrogen-bond donors (Lipinski definition) is 2. The Labute approximate surface area is 50.3 Å². The summed E-state index contributed by atoms with van der Waals surface area (Å²) in [5, 5.41) is 0. The molecule has 0 aromatic heterocycles. The third kappa shape index (κ3) is 5.40. The van der Waals surface area contributed by atoms with Crippen molar-refractivity contribution in [2.24, 2.45) is 0 Å². The van der Waals surface area contributed by atoms with Crippen LogP contribution < -0.4 is 10.9 Å². The average Bonchev–Trinajstić information content (AvgIpc) is 1.81. The first-order valence-electron chi connectivity index (χ1n) is 2.45. The second-order valence-electron chi connectivity index (χ2n) is 1.22. The van der Waals surface area contributed by atoms with E-state index in [1.165, 1.54) is 0 Å². The predicted octanol–water partition coefficient (Wildman–Crippen LogP) is 0.614. The third-order valence-electron chi connectivity index (χ3n) is 0.550. The van der Waals surface area contributed by atoms with Gasteiger partial charge in [0.25, 0.3) is 0 Å². The van der Waals surface area contributed by atoms with Crippen LogP contribution in [0.5, 0.6) is 0 Å². The largest absolute Gasteiger partial charge is 0.253 e. The molecule has 2 heteroatoms. The number of hydrogen-bond acceptors (Lipinski definition) is 2. The van der Waals surface area contributed by atoms with Crippen LogP contribution in [0.4, 0.5) is 0 Å². The number of rotatable bonds is 5. The van der Waals surface area contributed by atoms with Gasteiger partial charge in [0, 0.05) is 6.54 Å². The fraction of sp³-hybridized carbons (Fsp3) is 0.167. The molecular formula is C6H11N2. The molecule has 0 fully saturated rings. The van der Waals surface area contributed by atoms with Crippen LogP contribution in [0.1, 0.15) is 0 Å². The van der Waals surface area contributed by atoms with Crippen molar-refractivity contribution in [2.75, 3.05) is 6.54 Å². The molecule has 0 aromatic rings. The average molecular weight is 113 g/mol. The summed E-state index contributed by atoms with van der Waals surface area (Å²) in [7, 11) is 0. The summed E-state index contributed by atoms with van der Waals surface area (Å²) in [6, 6.07) is 0. The van der Waals surface area contributed by atoms with E-state index in [2.05, 4.69) is 24.0 Å². The van der Waals surface area contributed by atoms with Crippen LogP contribution in [-0.4, -0.2) is 6.54 Å². The van der Waals surface area contributed by atoms with Crippen molar-refractivity contribution < 1.29 is 0 Å². The van der Waals surface area contributed by atoms with Gasteiger partial charge in [0.05, 0.1) is 6.54 Å². The first kappa shape index (κ1) is 7.40. The van der Waals surface area contributed by atoms with E-state index in [1.807, 2.05) is 0 Å². The summed E-state index contributed by atoms with van der Waals surface area (Å²) in [6.07, 6.45) is 3.43. The van der Waals surface area contributed by atoms with Crippen molar-refractivity contribution in [1.29, 1.82) is 0 Å². The van der Waals surface area contributed by atoms with Gasteiger partial charge in [0.2, 0.25) is 0 Å². The minimum Gasteiger partial charge on any atom is -0.253 e. The molecule has 2 nitrogen and oxygen atoms in total. The Hall–Kier alpha value is -0.600. The molecule has 0 aromatic carbocycles. The highest BCUT2D eigenvalue weighted by atomic mass is 15.5. The first-order chi connectivity index (χ1) is 3.91. The highest BCUT2D eigenvalue weighted by Crippen LogP contribution is 1.63. The van der Waals surface area contributed by atoms with E-state index in [9.17, 15) is 0 Å². The van der Waals surface area contributed by atoms with E-state index >= 15 is 0 Å². The standard InChI is InChI=1S/C6H11N2/c1-3-5-7-8-6-4-2/h3-5,7-8H,1-2,6H2/i5+1,6+1. The molecule has 1 radical (unpaired) electrons. The van der Waals surface area contributed by atoms with Crippen molar-refractivity contribution >= 4 is 0 Å². The van der Waals surface area contributed by atoms with Gasteiger partial charge in [0.15, 0.2) is 0 Å². The molecule has 0 spiro atoms. The van der Waals surface area contributed by atoms with Gasteiger partial charge in [0.1, 0.15) is 0 Å². The molecule has 2 N–H and O–H groups in total. The van der Waals surface area contributed by atoms with Crippen molar-refractivity contribution in [3.63, 3.8) is 0 Å². The van der Waals surface area contributed by atoms with E-state index in [0.717, 1.165) is 6.54 Å². The fourth-order valence-corrected chi connectivity index (χ4v) is 0.249. The van der Waals surface area contributed by atoms with Gasteiger partial charge in [-0.05, 0) is 0 Å². The molecule has 0 aliphatic heterocycles. The van der Waals surface area contributed by atoms with Gasteiger partial charge < -0.3 is 0 Å². The Balaban J connectivity index is 2.71. The molecule has 8 heavy (non-hydrogen) atoms. The van der Waals surface area contributed by atoms with Gasteiger partial charge in [-0.2, -0.15) is 0 Å². The number of nitrogens with one attached hydrogen (secondary N) is 2. The topological polar surface area (TPSA) is 24.1 Å². The highest BCUT2D eigenvalue weighted by Gasteiger charge is 1.73. The van der Waals surface area contributed by atoms with Crippen LogP contribution in [0.25, 0.3) is 0 Å². The van der Waals surface area contributed by atoms with E-state index in [0.29, 0.717) is 0 Å². The van der Waals surface area contributed by atoms with Gasteiger partial charge in [-0.15, -0.1) is 13.2 Å². The SMILES string of the molecule is C=C[13CH]NN[13CH2]C=C. The summed E-state index contributed by atoms with van der Waals surface area (Å²) in [6.45, 7) is 9.46. The Kier molecular flexibility index (Phi) is 5.92. The molecule has 0 unspecified atom stereocenters. The number of hydrazine groups is 1. The Morgan fingerprint density at radius 2 is 2.12 bits per heavy atom. The van der Waals surface area contributed by atoms with Crippen molar-refractivity contribution in [3.8, 4) is 0 Å². The lowest BCUT2D eigenvalue weighted by Crippen LogP contribution is -2.28. The fourth-order valence-electron chi connectivity index (χ4n) is 0.249. The molecule has 0 aliphatic carbocycles. The molecule has 0 aliphatic rings. The van der Waals surface area contributed by atoms with Crippen molar-refractivity contribution in [2.45, 2.75) is 0 Å². The third-order valence-corrected chi connectivity index (χ3v) is 0.550. The van der Waals surface area contributed by atoms with Crippen LogP contribution in [0.15, 0.2) is 25.3 Å². The van der Waals surface area contributed by atoms with Crippen LogP contribution in [0.2, 0.25) is 0 Å². The van der Waals surface area contributed by atoms with Gasteiger partial charge >= 0.3 is 0 Å². The van der Waals surface area contributed by atoms with E-state index < -0.39 is 0 Å². The minimum absolute atomic E-state index is 0.754. The predicted molar refractivity (Wildman–Crippen MR) is 35.8 cm³/mol. The van der Waals surface area contributed by atoms with Crippen LogP contribution in [0, 0.1) is 6.54 Å². The monoisotopic (exact) mass is 113 g/mol. The van der Waals surface area contributed by atoms with Crippen molar-refractivity contribution in [3.05, 3.63) is 31.9 Å². The maximum absolute atomic E-state index is 3.52. The maximum atomic E-state index is 3.52. The smallest absolute Gasteiger partial charge is 0.0592 e. The molecule has 0 heterocycles. The quantitative estimate of drug-likeness (QED) is 0.236. The molecule has 45 valence electrons. The normalized spacial score (nSPS) is 8.50. The first-order valence-corrected chi connectivity index (χ1v) is 2.45. The summed E-state index contributed by atoms with van der Waals surface area (Å²) < 4.78 is 0. The lowest BCUT2D eigenvalue weighted by atomic mass is 10.9. The summed E-state index contributed by atoms with van der Waals surface area (Å²) in [4.78, 5) is 0. The molecule has 0 saturated carbocycles. The van der Waals surface area contributed by atoms with Gasteiger partial charge in [-0.25, -0.2) is 5.43 Å². The van der Waals surface area contributed by atoms with Gasteiger partial charge in [-0.3, -0.25) is 5.43 Å². The van der Waals surface area contributed by atoms with Gasteiger partial charge in [-0.1, -0.05) is 12.2 Å². The second kappa shape index (κ2) is 6.40. The molecular weight excluding hydrogens is 102 g/mol. The van der Waals surface area contributed by atoms with Crippen LogP contribution >= 0.6 is 0 Å². The van der Waals surface area contributed by atoms with E-state index in [-0.39, 0.29) is 0 Å². The Bertz CT molecular complexity index is 58.9. The molecule has 0 saturated heterocycles. The van der Waals surface area contributed by atoms with Crippen LogP contribution in [-0.2, 0) is 0 Å². The Morgan fingerprint density at radius 1 is 1.38 bits per heavy atom. The minimum atomic E-state index is 0.754. The molecule has 0 rings (SSSR count). The molecule has 0 atom stereocenters. The maximum Gasteiger partial charge on any atom is 0.0592 e. The lowest BCUT2D eigenvalue weighted by molar-refractivity contribution is 0.656. The zero-order valence-electron chi connectivity index (χ0n) is 4.85. The van der Waals surface area contributed by atoms with E-state index in [1.54, 1.807) is 18.7 Å². The van der Waals surface area contributed by atoms with Crippen molar-refractivity contribution in [1.82, 2.24) is 10.9 Å². The summed E-state index contributed by atoms with van der Waals surface area (Å²) in [5.74, 6) is 0. The van der Waals surface area contributed by atoms with Crippen LogP contribution in [0.3, 0.4) is 0 Å². The lowest BCUT2D eigenvalue weighted by Gasteiger charge is -1.97. The summed E-state index contributed by atoms with van der Waals surface area (Å²) >= 11 is 0. The zero-order chi connectivity index (χ0) is 6.24. The van der Waals surface area contributed by atoms with E-state index in [4.69, 9.17) is 0 Å². The zero-order valence-corrected chi connectivity index (χ0v) is 4.85. The highest BCUT2D eigenvalue weighted by molar-refractivity contribution is 4.82. The second-order valence-corrected chi connectivity index (χ2v) is 1.22.